The molecule has 0 radical (unpaired) electrons. The third-order valence-electron chi connectivity index (χ3n) is 4.07. The molecule has 2 aliphatic rings. The zero-order chi connectivity index (χ0) is 12.3. The van der Waals surface area contributed by atoms with Crippen LogP contribution in [-0.2, 0) is 4.79 Å². The van der Waals surface area contributed by atoms with Gasteiger partial charge in [-0.15, -0.1) is 11.8 Å². The second-order valence-electron chi connectivity index (χ2n) is 5.51. The zero-order valence-corrected chi connectivity index (χ0v) is 11.8. The molecule has 2 aliphatic heterocycles. The standard InChI is InChI=1S/C13H24N2OS/c1-10-7-15(8-11(10)2)13(16)9-17-12-3-5-14-6-4-12/h10-12,14H,3-9H2,1-2H3. The van der Waals surface area contributed by atoms with Crippen LogP contribution in [0.15, 0.2) is 0 Å². The van der Waals surface area contributed by atoms with E-state index in [-0.39, 0.29) is 0 Å². The molecule has 0 spiro atoms. The van der Waals surface area contributed by atoms with Crippen LogP contribution in [0.2, 0.25) is 0 Å². The first-order valence-electron chi connectivity index (χ1n) is 6.77. The number of nitrogens with zero attached hydrogens (tertiary/aromatic N) is 1. The Kier molecular flexibility index (Phi) is 4.74. The van der Waals surface area contributed by atoms with Gasteiger partial charge in [0.2, 0.25) is 5.91 Å². The number of thioether (sulfide) groups is 1. The smallest absolute Gasteiger partial charge is 0.232 e. The largest absolute Gasteiger partial charge is 0.341 e. The lowest BCUT2D eigenvalue weighted by molar-refractivity contribution is -0.127. The highest BCUT2D eigenvalue weighted by Crippen LogP contribution is 2.25. The third-order valence-corrected chi connectivity index (χ3v) is 5.43. The molecule has 2 heterocycles. The Labute approximate surface area is 109 Å². The van der Waals surface area contributed by atoms with Crippen molar-refractivity contribution in [3.63, 3.8) is 0 Å². The molecular formula is C13H24N2OS. The van der Waals surface area contributed by atoms with Crippen LogP contribution < -0.4 is 5.32 Å². The van der Waals surface area contributed by atoms with Crippen LogP contribution in [0.1, 0.15) is 26.7 Å². The fourth-order valence-corrected chi connectivity index (χ4v) is 3.71. The number of carbonyl (C=O) groups is 1. The van der Waals surface area contributed by atoms with Gasteiger partial charge in [0.25, 0.3) is 0 Å². The molecule has 0 aromatic rings. The first-order valence-corrected chi connectivity index (χ1v) is 7.82. The molecule has 4 heteroatoms. The fourth-order valence-electron chi connectivity index (χ4n) is 2.58. The monoisotopic (exact) mass is 256 g/mol. The van der Waals surface area contributed by atoms with Crippen molar-refractivity contribution >= 4 is 17.7 Å². The molecular weight excluding hydrogens is 232 g/mol. The van der Waals surface area contributed by atoms with Gasteiger partial charge in [-0.3, -0.25) is 4.79 Å². The Bertz CT molecular complexity index is 256. The molecule has 2 unspecified atom stereocenters. The summed E-state index contributed by atoms with van der Waals surface area (Å²) in [5.74, 6) is 2.37. The number of carbonyl (C=O) groups excluding carboxylic acids is 1. The summed E-state index contributed by atoms with van der Waals surface area (Å²) in [6.45, 7) is 8.66. The molecule has 2 rings (SSSR count). The van der Waals surface area contributed by atoms with E-state index in [1.807, 2.05) is 11.8 Å². The van der Waals surface area contributed by atoms with E-state index in [1.54, 1.807) is 0 Å². The summed E-state index contributed by atoms with van der Waals surface area (Å²) in [5.41, 5.74) is 0. The molecule has 0 aliphatic carbocycles. The summed E-state index contributed by atoms with van der Waals surface area (Å²) in [7, 11) is 0. The van der Waals surface area contributed by atoms with Gasteiger partial charge in [-0.25, -0.2) is 0 Å². The number of likely N-dealkylation sites (tertiary alicyclic amines) is 1. The van der Waals surface area contributed by atoms with Crippen molar-refractivity contribution in [2.24, 2.45) is 11.8 Å². The van der Waals surface area contributed by atoms with E-state index < -0.39 is 0 Å². The maximum absolute atomic E-state index is 12.1. The molecule has 0 bridgehead atoms. The highest BCUT2D eigenvalue weighted by atomic mass is 32.2. The van der Waals surface area contributed by atoms with E-state index in [2.05, 4.69) is 24.1 Å². The van der Waals surface area contributed by atoms with E-state index in [0.717, 1.165) is 26.2 Å². The molecule has 0 aromatic heterocycles. The number of hydrogen-bond acceptors (Lipinski definition) is 3. The maximum atomic E-state index is 12.1. The van der Waals surface area contributed by atoms with Gasteiger partial charge in [0.15, 0.2) is 0 Å². The third kappa shape index (κ3) is 3.62. The molecule has 2 fully saturated rings. The van der Waals surface area contributed by atoms with Gasteiger partial charge in [0.05, 0.1) is 5.75 Å². The van der Waals surface area contributed by atoms with Crippen LogP contribution in [0.3, 0.4) is 0 Å². The minimum Gasteiger partial charge on any atom is -0.341 e. The average molecular weight is 256 g/mol. The lowest BCUT2D eigenvalue weighted by Gasteiger charge is -2.23. The van der Waals surface area contributed by atoms with Crippen molar-refractivity contribution in [3.05, 3.63) is 0 Å². The van der Waals surface area contributed by atoms with Gasteiger partial charge >= 0.3 is 0 Å². The predicted octanol–water partition coefficient (Wildman–Crippen LogP) is 1.59. The molecule has 3 nitrogen and oxygen atoms in total. The number of rotatable bonds is 3. The van der Waals surface area contributed by atoms with Gasteiger partial charge in [-0.1, -0.05) is 13.8 Å². The first-order chi connectivity index (χ1) is 8.16. The summed E-state index contributed by atoms with van der Waals surface area (Å²) in [6.07, 6.45) is 2.43. The van der Waals surface area contributed by atoms with Crippen LogP contribution in [0, 0.1) is 11.8 Å². The minimum atomic E-state index is 0.352. The van der Waals surface area contributed by atoms with Crippen molar-refractivity contribution in [1.29, 1.82) is 0 Å². The average Bonchev–Trinajstić information content (AvgIpc) is 2.68. The summed E-state index contributed by atoms with van der Waals surface area (Å²) < 4.78 is 0. The Morgan fingerprint density at radius 3 is 2.41 bits per heavy atom. The van der Waals surface area contributed by atoms with Crippen molar-refractivity contribution in [2.45, 2.75) is 31.9 Å². The summed E-state index contributed by atoms with van der Waals surface area (Å²) in [4.78, 5) is 14.1. The van der Waals surface area contributed by atoms with Gasteiger partial charge < -0.3 is 10.2 Å². The topological polar surface area (TPSA) is 32.3 Å². The molecule has 0 saturated carbocycles. The molecule has 1 amide bonds. The summed E-state index contributed by atoms with van der Waals surface area (Å²) in [5, 5.41) is 4.05. The summed E-state index contributed by atoms with van der Waals surface area (Å²) in [6, 6.07) is 0. The van der Waals surface area contributed by atoms with E-state index in [0.29, 0.717) is 28.7 Å². The zero-order valence-electron chi connectivity index (χ0n) is 10.9. The predicted molar refractivity (Wildman–Crippen MR) is 73.3 cm³/mol. The summed E-state index contributed by atoms with van der Waals surface area (Å²) >= 11 is 1.86. The molecule has 1 N–H and O–H groups in total. The van der Waals surface area contributed by atoms with E-state index in [9.17, 15) is 4.79 Å². The lowest BCUT2D eigenvalue weighted by atomic mass is 10.0. The Balaban J connectivity index is 1.70. The van der Waals surface area contributed by atoms with Gasteiger partial charge in [-0.05, 0) is 37.8 Å². The van der Waals surface area contributed by atoms with Crippen LogP contribution >= 0.6 is 11.8 Å². The number of amides is 1. The second kappa shape index (κ2) is 6.10. The van der Waals surface area contributed by atoms with Crippen molar-refractivity contribution < 1.29 is 4.79 Å². The first kappa shape index (κ1) is 13.2. The van der Waals surface area contributed by atoms with E-state index >= 15 is 0 Å². The minimum absolute atomic E-state index is 0.352. The van der Waals surface area contributed by atoms with Crippen LogP contribution in [0.5, 0.6) is 0 Å². The Hall–Kier alpha value is -0.220. The molecule has 0 aromatic carbocycles. The normalized spacial score (nSPS) is 30.8. The van der Waals surface area contributed by atoms with Crippen molar-refractivity contribution in [3.8, 4) is 0 Å². The molecule has 98 valence electrons. The van der Waals surface area contributed by atoms with Crippen LogP contribution in [0.25, 0.3) is 0 Å². The van der Waals surface area contributed by atoms with Gasteiger partial charge in [0.1, 0.15) is 0 Å². The van der Waals surface area contributed by atoms with Crippen molar-refractivity contribution in [1.82, 2.24) is 10.2 Å². The lowest BCUT2D eigenvalue weighted by Crippen LogP contribution is -2.33. The van der Waals surface area contributed by atoms with Crippen LogP contribution in [0.4, 0.5) is 0 Å². The molecule has 2 atom stereocenters. The Morgan fingerprint density at radius 1 is 1.24 bits per heavy atom. The molecule has 2 saturated heterocycles. The van der Waals surface area contributed by atoms with Gasteiger partial charge in [0, 0.05) is 18.3 Å². The van der Waals surface area contributed by atoms with Crippen LogP contribution in [-0.4, -0.2) is 48.0 Å². The quantitative estimate of drug-likeness (QED) is 0.832. The SMILES string of the molecule is CC1CN(C(=O)CSC2CCNCC2)CC1C. The second-order valence-corrected chi connectivity index (χ2v) is 6.80. The Morgan fingerprint density at radius 2 is 1.82 bits per heavy atom. The molecule has 17 heavy (non-hydrogen) atoms. The number of nitrogens with one attached hydrogen (secondary N) is 1. The highest BCUT2D eigenvalue weighted by molar-refractivity contribution is 8.00. The van der Waals surface area contributed by atoms with E-state index in [1.165, 1.54) is 12.8 Å². The number of piperidine rings is 1. The highest BCUT2D eigenvalue weighted by Gasteiger charge is 2.29. The van der Waals surface area contributed by atoms with E-state index in [4.69, 9.17) is 0 Å². The van der Waals surface area contributed by atoms with Gasteiger partial charge in [-0.2, -0.15) is 0 Å². The fraction of sp³-hybridized carbons (Fsp3) is 0.923. The van der Waals surface area contributed by atoms with Crippen molar-refractivity contribution in [2.75, 3.05) is 31.9 Å². The number of hydrogen-bond donors (Lipinski definition) is 1. The maximum Gasteiger partial charge on any atom is 0.232 e.